The van der Waals surface area contributed by atoms with E-state index in [1.54, 1.807) is 6.92 Å². The van der Waals surface area contributed by atoms with Gasteiger partial charge in [-0.25, -0.2) is 0 Å². The van der Waals surface area contributed by atoms with Gasteiger partial charge in [-0.05, 0) is 50.9 Å². The van der Waals surface area contributed by atoms with Gasteiger partial charge in [0, 0.05) is 6.42 Å². The number of aliphatic hydroxyl groups is 1. The van der Waals surface area contributed by atoms with Gasteiger partial charge in [0.05, 0.1) is 12.2 Å². The van der Waals surface area contributed by atoms with E-state index < -0.39 is 5.60 Å². The molecule has 0 spiro atoms. The molecule has 1 aliphatic carbocycles. The largest absolute Gasteiger partial charge is 0.466 e. The predicted molar refractivity (Wildman–Crippen MR) is 67.6 cm³/mol. The van der Waals surface area contributed by atoms with Gasteiger partial charge >= 0.3 is 5.97 Å². The predicted octanol–water partition coefficient (Wildman–Crippen LogP) is 2.91. The van der Waals surface area contributed by atoms with Gasteiger partial charge in [0.25, 0.3) is 0 Å². The van der Waals surface area contributed by atoms with Crippen molar-refractivity contribution in [2.24, 2.45) is 11.8 Å². The Morgan fingerprint density at radius 2 is 2.00 bits per heavy atom. The fraction of sp³-hybridized carbons (Fsp3) is 0.929. The smallest absolute Gasteiger partial charge is 0.305 e. The van der Waals surface area contributed by atoms with Gasteiger partial charge in [-0.1, -0.05) is 13.8 Å². The molecular formula is C14H26O3. The number of ether oxygens (including phenoxy) is 1. The second-order valence-corrected chi connectivity index (χ2v) is 5.61. The number of esters is 1. The van der Waals surface area contributed by atoms with Crippen molar-refractivity contribution in [1.82, 2.24) is 0 Å². The van der Waals surface area contributed by atoms with Crippen molar-refractivity contribution < 1.29 is 14.6 Å². The van der Waals surface area contributed by atoms with E-state index in [0.29, 0.717) is 25.4 Å². The third-order valence-corrected chi connectivity index (χ3v) is 4.00. The summed E-state index contributed by atoms with van der Waals surface area (Å²) in [6.45, 7) is 6.72. The molecular weight excluding hydrogens is 216 g/mol. The number of carbonyl (C=O) groups excluding carboxylic acids is 1. The Kier molecular flexibility index (Phi) is 5.44. The molecule has 1 rings (SSSR count). The first kappa shape index (κ1) is 14.5. The third-order valence-electron chi connectivity index (χ3n) is 4.00. The molecule has 0 radical (unpaired) electrons. The maximum atomic E-state index is 11.3. The summed E-state index contributed by atoms with van der Waals surface area (Å²) in [5, 5.41) is 10.4. The quantitative estimate of drug-likeness (QED) is 0.754. The highest BCUT2D eigenvalue weighted by Gasteiger charge is 2.34. The van der Waals surface area contributed by atoms with E-state index in [2.05, 4.69) is 13.8 Å². The summed E-state index contributed by atoms with van der Waals surface area (Å²) in [5.41, 5.74) is -0.627. The highest BCUT2D eigenvalue weighted by atomic mass is 16.5. The molecule has 0 saturated heterocycles. The normalized spacial score (nSPS) is 29.4. The second kappa shape index (κ2) is 6.39. The van der Waals surface area contributed by atoms with Crippen LogP contribution in [0.25, 0.3) is 0 Å². The third kappa shape index (κ3) is 4.66. The summed E-state index contributed by atoms with van der Waals surface area (Å²) in [5.74, 6) is 1.24. The average molecular weight is 242 g/mol. The lowest BCUT2D eigenvalue weighted by Crippen LogP contribution is -2.35. The first-order valence-corrected chi connectivity index (χ1v) is 6.85. The standard InChI is InChI=1S/C14H26O3/c1-4-17-13(15)7-10-14(16)8-5-12(6-9-14)11(2)3/h11-12,16H,4-10H2,1-3H3. The van der Waals surface area contributed by atoms with Crippen molar-refractivity contribution in [3.63, 3.8) is 0 Å². The first-order valence-electron chi connectivity index (χ1n) is 6.85. The van der Waals surface area contributed by atoms with E-state index in [-0.39, 0.29) is 5.97 Å². The van der Waals surface area contributed by atoms with E-state index in [4.69, 9.17) is 4.74 Å². The molecule has 0 aromatic heterocycles. The van der Waals surface area contributed by atoms with Crippen LogP contribution in [0.2, 0.25) is 0 Å². The van der Waals surface area contributed by atoms with Crippen LogP contribution in [-0.2, 0) is 9.53 Å². The van der Waals surface area contributed by atoms with Crippen molar-refractivity contribution >= 4 is 5.97 Å². The Labute approximate surface area is 105 Å². The summed E-state index contributed by atoms with van der Waals surface area (Å²) in [6.07, 6.45) is 4.71. The van der Waals surface area contributed by atoms with Crippen molar-refractivity contribution in [2.45, 2.75) is 64.9 Å². The van der Waals surface area contributed by atoms with Gasteiger partial charge in [-0.15, -0.1) is 0 Å². The van der Waals surface area contributed by atoms with E-state index in [9.17, 15) is 9.90 Å². The molecule has 0 aromatic rings. The Balaban J connectivity index is 2.32. The first-order chi connectivity index (χ1) is 7.97. The second-order valence-electron chi connectivity index (χ2n) is 5.61. The SMILES string of the molecule is CCOC(=O)CCC1(O)CCC(C(C)C)CC1. The Morgan fingerprint density at radius 1 is 1.41 bits per heavy atom. The monoisotopic (exact) mass is 242 g/mol. The highest BCUT2D eigenvalue weighted by molar-refractivity contribution is 5.69. The number of hydrogen-bond acceptors (Lipinski definition) is 3. The molecule has 1 aliphatic rings. The van der Waals surface area contributed by atoms with Crippen LogP contribution < -0.4 is 0 Å². The zero-order valence-electron chi connectivity index (χ0n) is 11.4. The minimum atomic E-state index is -0.627. The zero-order valence-corrected chi connectivity index (χ0v) is 11.4. The summed E-state index contributed by atoms with van der Waals surface area (Å²) < 4.78 is 4.89. The minimum absolute atomic E-state index is 0.188. The van der Waals surface area contributed by atoms with Crippen LogP contribution >= 0.6 is 0 Å². The van der Waals surface area contributed by atoms with Gasteiger partial charge in [-0.3, -0.25) is 4.79 Å². The lowest BCUT2D eigenvalue weighted by atomic mass is 9.73. The van der Waals surface area contributed by atoms with Crippen molar-refractivity contribution in [1.29, 1.82) is 0 Å². The fourth-order valence-electron chi connectivity index (χ4n) is 2.66. The molecule has 0 heterocycles. The van der Waals surface area contributed by atoms with E-state index in [0.717, 1.165) is 31.6 Å². The highest BCUT2D eigenvalue weighted by Crippen LogP contribution is 2.38. The maximum Gasteiger partial charge on any atom is 0.305 e. The van der Waals surface area contributed by atoms with Gasteiger partial charge in [-0.2, -0.15) is 0 Å². The molecule has 100 valence electrons. The molecule has 0 unspecified atom stereocenters. The zero-order chi connectivity index (χ0) is 12.9. The molecule has 1 saturated carbocycles. The van der Waals surface area contributed by atoms with E-state index >= 15 is 0 Å². The molecule has 0 aromatic carbocycles. The Morgan fingerprint density at radius 3 is 2.47 bits per heavy atom. The van der Waals surface area contributed by atoms with E-state index in [1.807, 2.05) is 0 Å². The molecule has 3 nitrogen and oxygen atoms in total. The average Bonchev–Trinajstić information content (AvgIpc) is 2.28. The van der Waals surface area contributed by atoms with Crippen molar-refractivity contribution in [3.05, 3.63) is 0 Å². The molecule has 1 fully saturated rings. The lowest BCUT2D eigenvalue weighted by molar-refractivity contribution is -0.145. The van der Waals surface area contributed by atoms with E-state index in [1.165, 1.54) is 0 Å². The number of rotatable bonds is 5. The molecule has 0 aliphatic heterocycles. The molecule has 1 N–H and O–H groups in total. The van der Waals surface area contributed by atoms with Crippen LogP contribution in [0.3, 0.4) is 0 Å². The van der Waals surface area contributed by atoms with Gasteiger partial charge in [0.1, 0.15) is 0 Å². The van der Waals surface area contributed by atoms with Gasteiger partial charge in [0.2, 0.25) is 0 Å². The Hall–Kier alpha value is -0.570. The summed E-state index contributed by atoms with van der Waals surface area (Å²) in [6, 6.07) is 0. The Bertz CT molecular complexity index is 240. The van der Waals surface area contributed by atoms with Crippen LogP contribution in [0.5, 0.6) is 0 Å². The van der Waals surface area contributed by atoms with Crippen molar-refractivity contribution in [3.8, 4) is 0 Å². The van der Waals surface area contributed by atoms with Gasteiger partial charge in [0.15, 0.2) is 0 Å². The topological polar surface area (TPSA) is 46.5 Å². The molecule has 3 heteroatoms. The molecule has 0 atom stereocenters. The maximum absolute atomic E-state index is 11.3. The number of carbonyl (C=O) groups is 1. The molecule has 17 heavy (non-hydrogen) atoms. The minimum Gasteiger partial charge on any atom is -0.466 e. The van der Waals surface area contributed by atoms with Crippen LogP contribution in [0.15, 0.2) is 0 Å². The fourth-order valence-corrected chi connectivity index (χ4v) is 2.66. The summed E-state index contributed by atoms with van der Waals surface area (Å²) >= 11 is 0. The van der Waals surface area contributed by atoms with Crippen LogP contribution in [0, 0.1) is 11.8 Å². The molecule has 0 amide bonds. The summed E-state index contributed by atoms with van der Waals surface area (Å²) in [7, 11) is 0. The van der Waals surface area contributed by atoms with Gasteiger partial charge < -0.3 is 9.84 Å². The summed E-state index contributed by atoms with van der Waals surface area (Å²) in [4.78, 5) is 11.3. The lowest BCUT2D eigenvalue weighted by Gasteiger charge is -2.37. The van der Waals surface area contributed by atoms with Crippen LogP contribution in [0.4, 0.5) is 0 Å². The van der Waals surface area contributed by atoms with Crippen molar-refractivity contribution in [2.75, 3.05) is 6.61 Å². The van der Waals surface area contributed by atoms with Crippen LogP contribution in [-0.4, -0.2) is 23.3 Å². The molecule has 0 bridgehead atoms. The van der Waals surface area contributed by atoms with Crippen LogP contribution in [0.1, 0.15) is 59.3 Å². The number of hydrogen-bond donors (Lipinski definition) is 1.